The first kappa shape index (κ1) is 13.3. The van der Waals surface area contributed by atoms with E-state index in [2.05, 4.69) is 44.9 Å². The zero-order chi connectivity index (χ0) is 14.9. The molecule has 0 amide bonds. The second-order valence-electron chi connectivity index (χ2n) is 6.00. The van der Waals surface area contributed by atoms with Crippen molar-refractivity contribution in [1.82, 2.24) is 14.5 Å². The van der Waals surface area contributed by atoms with E-state index >= 15 is 0 Å². The number of hydrogen-bond donors (Lipinski definition) is 1. The molecule has 22 heavy (non-hydrogen) atoms. The molecular formula is C18H20N4. The number of nitrogen functional groups attached to an aromatic ring is 1. The molecular weight excluding hydrogens is 272 g/mol. The predicted octanol–water partition coefficient (Wildman–Crippen LogP) is 3.14. The summed E-state index contributed by atoms with van der Waals surface area (Å²) in [7, 11) is 0. The number of nitrogens with zero attached hydrogens (tertiary/aromatic N) is 3. The Bertz CT molecular complexity index is 805. The lowest BCUT2D eigenvalue weighted by Gasteiger charge is -2.17. The second kappa shape index (κ2) is 5.44. The topological polar surface area (TPSA) is 56.7 Å². The van der Waals surface area contributed by atoms with Gasteiger partial charge in [0.2, 0.25) is 0 Å². The van der Waals surface area contributed by atoms with Gasteiger partial charge in [0.25, 0.3) is 0 Å². The molecule has 112 valence electrons. The van der Waals surface area contributed by atoms with Crippen molar-refractivity contribution in [1.29, 1.82) is 0 Å². The van der Waals surface area contributed by atoms with Gasteiger partial charge < -0.3 is 10.3 Å². The highest BCUT2D eigenvalue weighted by Crippen LogP contribution is 2.30. The average Bonchev–Trinajstić information content (AvgIpc) is 2.99. The number of aryl methyl sites for hydroxylation is 4. The highest BCUT2D eigenvalue weighted by molar-refractivity contribution is 5.88. The first-order valence-corrected chi connectivity index (χ1v) is 7.99. The van der Waals surface area contributed by atoms with E-state index in [1.807, 2.05) is 6.33 Å². The lowest BCUT2D eigenvalue weighted by molar-refractivity contribution is 0.662. The maximum absolute atomic E-state index is 6.11. The number of imidazole rings is 1. The van der Waals surface area contributed by atoms with Gasteiger partial charge in [-0.25, -0.2) is 9.97 Å². The van der Waals surface area contributed by atoms with Crippen LogP contribution in [0.3, 0.4) is 0 Å². The molecule has 4 nitrogen and oxygen atoms in total. The third-order valence-electron chi connectivity index (χ3n) is 4.54. The Morgan fingerprint density at radius 1 is 1.09 bits per heavy atom. The maximum Gasteiger partial charge on any atom is 0.151 e. The molecule has 1 aromatic carbocycles. The molecule has 1 aliphatic rings. The third kappa shape index (κ3) is 2.25. The van der Waals surface area contributed by atoms with Crippen molar-refractivity contribution in [2.75, 3.05) is 5.73 Å². The van der Waals surface area contributed by atoms with Crippen LogP contribution >= 0.6 is 0 Å². The smallest absolute Gasteiger partial charge is 0.151 e. The van der Waals surface area contributed by atoms with Gasteiger partial charge in [-0.1, -0.05) is 30.3 Å². The normalized spacial score (nSPS) is 14.2. The summed E-state index contributed by atoms with van der Waals surface area (Å²) < 4.78 is 2.25. The summed E-state index contributed by atoms with van der Waals surface area (Å²) in [5, 5.41) is 0. The third-order valence-corrected chi connectivity index (χ3v) is 4.54. The summed E-state index contributed by atoms with van der Waals surface area (Å²) in [6.07, 6.45) is 7.50. The van der Waals surface area contributed by atoms with Crippen LogP contribution in [0.15, 0.2) is 36.7 Å². The van der Waals surface area contributed by atoms with Crippen LogP contribution in [0.5, 0.6) is 0 Å². The van der Waals surface area contributed by atoms with Gasteiger partial charge in [0.1, 0.15) is 5.52 Å². The van der Waals surface area contributed by atoms with Crippen LogP contribution in [0.2, 0.25) is 0 Å². The number of aromatic nitrogens is 3. The fourth-order valence-corrected chi connectivity index (χ4v) is 3.42. The van der Waals surface area contributed by atoms with E-state index in [1.165, 1.54) is 35.2 Å². The molecule has 4 heteroatoms. The molecule has 2 heterocycles. The van der Waals surface area contributed by atoms with Crippen LogP contribution in [-0.2, 0) is 25.8 Å². The van der Waals surface area contributed by atoms with E-state index in [0.717, 1.165) is 31.3 Å². The van der Waals surface area contributed by atoms with Crippen LogP contribution in [0.1, 0.15) is 29.7 Å². The largest absolute Gasteiger partial charge is 0.382 e. The summed E-state index contributed by atoms with van der Waals surface area (Å²) in [4.78, 5) is 9.09. The van der Waals surface area contributed by atoms with Crippen molar-refractivity contribution >= 4 is 16.9 Å². The predicted molar refractivity (Wildman–Crippen MR) is 88.7 cm³/mol. The van der Waals surface area contributed by atoms with Crippen LogP contribution in [-0.4, -0.2) is 14.5 Å². The van der Waals surface area contributed by atoms with Crippen LogP contribution in [0.4, 0.5) is 5.82 Å². The Balaban J connectivity index is 1.73. The molecule has 0 saturated heterocycles. The van der Waals surface area contributed by atoms with E-state index in [4.69, 9.17) is 5.73 Å². The molecule has 0 unspecified atom stereocenters. The summed E-state index contributed by atoms with van der Waals surface area (Å²) in [5.74, 6) is 0.578. The summed E-state index contributed by atoms with van der Waals surface area (Å²) in [6.45, 7) is 0.927. The molecule has 0 fully saturated rings. The molecule has 0 aliphatic heterocycles. The number of benzene rings is 1. The zero-order valence-electron chi connectivity index (χ0n) is 12.6. The van der Waals surface area contributed by atoms with Crippen molar-refractivity contribution in [3.05, 3.63) is 53.5 Å². The minimum absolute atomic E-state index is 0.578. The van der Waals surface area contributed by atoms with Gasteiger partial charge in [0.05, 0.1) is 11.8 Å². The van der Waals surface area contributed by atoms with Crippen molar-refractivity contribution < 1.29 is 0 Å². The van der Waals surface area contributed by atoms with E-state index in [9.17, 15) is 0 Å². The monoisotopic (exact) mass is 292 g/mol. The molecule has 2 aromatic heterocycles. The van der Waals surface area contributed by atoms with E-state index in [-0.39, 0.29) is 0 Å². The van der Waals surface area contributed by atoms with Gasteiger partial charge in [0, 0.05) is 12.2 Å². The average molecular weight is 292 g/mol. The maximum atomic E-state index is 6.11. The summed E-state index contributed by atoms with van der Waals surface area (Å²) in [5.41, 5.74) is 12.1. The zero-order valence-corrected chi connectivity index (χ0v) is 12.6. The highest BCUT2D eigenvalue weighted by Gasteiger charge is 2.19. The molecule has 0 saturated carbocycles. The van der Waals surface area contributed by atoms with Gasteiger partial charge in [-0.3, -0.25) is 0 Å². The number of anilines is 1. The van der Waals surface area contributed by atoms with Gasteiger partial charge in [-0.2, -0.15) is 0 Å². The number of pyridine rings is 1. The second-order valence-corrected chi connectivity index (χ2v) is 6.00. The lowest BCUT2D eigenvalue weighted by atomic mass is 9.95. The molecule has 2 N–H and O–H groups in total. The van der Waals surface area contributed by atoms with E-state index in [1.54, 1.807) is 0 Å². The Hall–Kier alpha value is -2.36. The van der Waals surface area contributed by atoms with Gasteiger partial charge >= 0.3 is 0 Å². The molecule has 4 rings (SSSR count). The Kier molecular flexibility index (Phi) is 3.29. The lowest BCUT2D eigenvalue weighted by Crippen LogP contribution is -2.11. The Labute approximate surface area is 130 Å². The fraction of sp³-hybridized carbons (Fsp3) is 0.333. The number of fused-ring (bicyclic) bond motifs is 3. The standard InChI is InChI=1S/C18H20N4/c19-18-16-17(14-8-4-5-9-15(14)21-18)22(12-20-16)11-10-13-6-2-1-3-7-13/h1-3,6-7,12H,4-5,8-11H2,(H2,19,21). The number of hydrogen-bond acceptors (Lipinski definition) is 3. The molecule has 3 aromatic rings. The first-order valence-electron chi connectivity index (χ1n) is 7.99. The number of rotatable bonds is 3. The van der Waals surface area contributed by atoms with Gasteiger partial charge in [0.15, 0.2) is 5.82 Å². The molecule has 0 spiro atoms. The molecule has 0 bridgehead atoms. The van der Waals surface area contributed by atoms with Crippen molar-refractivity contribution in [3.8, 4) is 0 Å². The van der Waals surface area contributed by atoms with Crippen molar-refractivity contribution in [2.45, 2.75) is 38.6 Å². The Morgan fingerprint density at radius 2 is 1.91 bits per heavy atom. The van der Waals surface area contributed by atoms with E-state index < -0.39 is 0 Å². The summed E-state index contributed by atoms with van der Waals surface area (Å²) in [6, 6.07) is 10.6. The first-order chi connectivity index (χ1) is 10.8. The van der Waals surface area contributed by atoms with E-state index in [0.29, 0.717) is 5.82 Å². The van der Waals surface area contributed by atoms with Crippen LogP contribution in [0, 0.1) is 0 Å². The quantitative estimate of drug-likeness (QED) is 0.807. The van der Waals surface area contributed by atoms with Gasteiger partial charge in [-0.05, 0) is 43.2 Å². The molecule has 0 radical (unpaired) electrons. The summed E-state index contributed by atoms with van der Waals surface area (Å²) >= 11 is 0. The highest BCUT2D eigenvalue weighted by atomic mass is 15.1. The SMILES string of the molecule is Nc1nc2c(c3c1ncn3CCc1ccccc1)CCCC2. The molecule has 1 aliphatic carbocycles. The Morgan fingerprint density at radius 3 is 2.77 bits per heavy atom. The van der Waals surface area contributed by atoms with Crippen molar-refractivity contribution in [3.63, 3.8) is 0 Å². The minimum Gasteiger partial charge on any atom is -0.382 e. The number of nitrogens with two attached hydrogens (primary N) is 1. The van der Waals surface area contributed by atoms with Crippen LogP contribution in [0.25, 0.3) is 11.0 Å². The van der Waals surface area contributed by atoms with Crippen LogP contribution < -0.4 is 5.73 Å². The fourth-order valence-electron chi connectivity index (χ4n) is 3.42. The minimum atomic E-state index is 0.578. The van der Waals surface area contributed by atoms with Gasteiger partial charge in [-0.15, -0.1) is 0 Å². The van der Waals surface area contributed by atoms with Crippen molar-refractivity contribution in [2.24, 2.45) is 0 Å². The molecule has 0 atom stereocenters.